The van der Waals surface area contributed by atoms with Gasteiger partial charge in [-0.25, -0.2) is 0 Å². The van der Waals surface area contributed by atoms with Crippen LogP contribution in [0, 0.1) is 0 Å². The fraction of sp³-hybridized carbons (Fsp3) is 1.00. The van der Waals surface area contributed by atoms with Gasteiger partial charge in [0, 0.05) is 0 Å². The summed E-state index contributed by atoms with van der Waals surface area (Å²) in [6.45, 7) is 2.25. The first-order chi connectivity index (χ1) is 3.41. The lowest BCUT2D eigenvalue weighted by molar-refractivity contribution is 0.770. The van der Waals surface area contributed by atoms with Crippen molar-refractivity contribution < 1.29 is 0 Å². The second-order valence-electron chi connectivity index (χ2n) is 1.75. The highest BCUT2D eigenvalue weighted by atomic mass is 79.9. The smallest absolute Gasteiger partial charge is 0.0985 e. The molecule has 0 spiro atoms. The van der Waals surface area contributed by atoms with Gasteiger partial charge in [0.2, 0.25) is 0 Å². The van der Waals surface area contributed by atoms with Crippen LogP contribution in [0.25, 0.3) is 0 Å². The van der Waals surface area contributed by atoms with Gasteiger partial charge in [0.05, 0.1) is 8.14 Å². The molecule has 0 aromatic heterocycles. The standard InChI is InChI=1S/C5H13BrSi/c1-2-3-4-5-7-6/h2-5,7H2,1H3. The van der Waals surface area contributed by atoms with Crippen molar-refractivity contribution in [3.8, 4) is 0 Å². The Morgan fingerprint density at radius 2 is 2.14 bits per heavy atom. The first kappa shape index (κ1) is 7.70. The van der Waals surface area contributed by atoms with Gasteiger partial charge in [-0.2, -0.15) is 0 Å². The van der Waals surface area contributed by atoms with Gasteiger partial charge in [-0.15, -0.1) is 15.3 Å². The highest BCUT2D eigenvalue weighted by Crippen LogP contribution is 1.99. The molecule has 7 heavy (non-hydrogen) atoms. The fourth-order valence-corrected chi connectivity index (χ4v) is 2.25. The lowest BCUT2D eigenvalue weighted by atomic mass is 10.3. The predicted molar refractivity (Wildman–Crippen MR) is 41.8 cm³/mol. The molecule has 0 saturated heterocycles. The molecule has 0 nitrogen and oxygen atoms in total. The van der Waals surface area contributed by atoms with Crippen LogP contribution in [0.4, 0.5) is 0 Å². The summed E-state index contributed by atoms with van der Waals surface area (Å²) in [6, 6.07) is 1.48. The Kier molecular flexibility index (Phi) is 7.36. The van der Waals surface area contributed by atoms with E-state index in [0.29, 0.717) is 0 Å². The van der Waals surface area contributed by atoms with Crippen LogP contribution >= 0.6 is 15.3 Å². The van der Waals surface area contributed by atoms with Crippen LogP contribution in [0.1, 0.15) is 26.2 Å². The summed E-state index contributed by atoms with van der Waals surface area (Å²) in [4.78, 5) is 0. The maximum atomic E-state index is 3.52. The number of halogens is 1. The van der Waals surface area contributed by atoms with Gasteiger partial charge < -0.3 is 0 Å². The SMILES string of the molecule is CCCCC[SiH2]Br. The van der Waals surface area contributed by atoms with Crippen LogP contribution in [0.3, 0.4) is 0 Å². The monoisotopic (exact) mass is 180 g/mol. The average molecular weight is 181 g/mol. The van der Waals surface area contributed by atoms with Crippen molar-refractivity contribution >= 4 is 23.4 Å². The summed E-state index contributed by atoms with van der Waals surface area (Å²) in [5.41, 5.74) is 0. The fourth-order valence-electron chi connectivity index (χ4n) is 0.521. The number of rotatable bonds is 4. The van der Waals surface area contributed by atoms with Gasteiger partial charge in [0.15, 0.2) is 0 Å². The van der Waals surface area contributed by atoms with E-state index in [0.717, 1.165) is 0 Å². The number of hydrogen-bond donors (Lipinski definition) is 0. The highest BCUT2D eigenvalue weighted by Gasteiger charge is 1.81. The van der Waals surface area contributed by atoms with E-state index in [4.69, 9.17) is 0 Å². The van der Waals surface area contributed by atoms with E-state index in [1.54, 1.807) is 0 Å². The molecule has 0 aliphatic heterocycles. The van der Waals surface area contributed by atoms with Gasteiger partial charge in [0.1, 0.15) is 0 Å². The lowest BCUT2D eigenvalue weighted by Gasteiger charge is -1.89. The second-order valence-corrected chi connectivity index (χ2v) is 5.21. The minimum atomic E-state index is 0.206. The van der Waals surface area contributed by atoms with E-state index < -0.39 is 0 Å². The van der Waals surface area contributed by atoms with Gasteiger partial charge in [-0.3, -0.25) is 0 Å². The molecule has 0 aliphatic rings. The van der Waals surface area contributed by atoms with Crippen molar-refractivity contribution in [3.05, 3.63) is 0 Å². The highest BCUT2D eigenvalue weighted by molar-refractivity contribution is 9.23. The summed E-state index contributed by atoms with van der Waals surface area (Å²) < 4.78 is 0. The Hall–Kier alpha value is 0.697. The first-order valence-electron chi connectivity index (χ1n) is 2.97. The largest absolute Gasteiger partial charge is 0.135 e. The van der Waals surface area contributed by atoms with Crippen molar-refractivity contribution in [1.82, 2.24) is 0 Å². The summed E-state index contributed by atoms with van der Waals surface area (Å²) in [6.07, 6.45) is 4.24. The molecule has 0 rings (SSSR count). The second kappa shape index (κ2) is 6.70. The zero-order valence-corrected chi connectivity index (χ0v) is 7.91. The Bertz CT molecular complexity index is 27.3. The third-order valence-corrected chi connectivity index (χ3v) is 3.44. The molecule has 0 bridgehead atoms. The summed E-state index contributed by atoms with van der Waals surface area (Å²) in [5, 5.41) is 0. The topological polar surface area (TPSA) is 0 Å². The molecule has 0 fully saturated rings. The van der Waals surface area contributed by atoms with E-state index >= 15 is 0 Å². The average Bonchev–Trinajstić information content (AvgIpc) is 1.69. The predicted octanol–water partition coefficient (Wildman–Crippen LogP) is 2.07. The molecule has 0 radical (unpaired) electrons. The molecule has 0 heterocycles. The summed E-state index contributed by atoms with van der Waals surface area (Å²) in [5.74, 6) is 0. The molecule has 0 atom stereocenters. The van der Waals surface area contributed by atoms with E-state index in [9.17, 15) is 0 Å². The van der Waals surface area contributed by atoms with Gasteiger partial charge in [-0.1, -0.05) is 32.2 Å². The van der Waals surface area contributed by atoms with Gasteiger partial charge in [-0.05, 0) is 0 Å². The lowest BCUT2D eigenvalue weighted by Crippen LogP contribution is -1.75. The summed E-state index contributed by atoms with van der Waals surface area (Å²) >= 11 is 3.52. The van der Waals surface area contributed by atoms with Crippen molar-refractivity contribution in [1.29, 1.82) is 0 Å². The normalized spacial score (nSPS) is 11.1. The molecule has 0 amide bonds. The van der Waals surface area contributed by atoms with Crippen LogP contribution in [0.5, 0.6) is 0 Å². The molecule has 0 saturated carbocycles. The van der Waals surface area contributed by atoms with E-state index in [2.05, 4.69) is 22.2 Å². The van der Waals surface area contributed by atoms with E-state index in [1.165, 1.54) is 25.3 Å². The third kappa shape index (κ3) is 6.70. The van der Waals surface area contributed by atoms with Crippen LogP contribution in [0.2, 0.25) is 6.04 Å². The van der Waals surface area contributed by atoms with Gasteiger partial charge in [0.25, 0.3) is 0 Å². The molecule has 44 valence electrons. The molecular formula is C5H13BrSi. The molecule has 2 heteroatoms. The van der Waals surface area contributed by atoms with Crippen LogP contribution in [-0.2, 0) is 0 Å². The number of unbranched alkanes of at least 4 members (excludes halogenated alkanes) is 2. The van der Waals surface area contributed by atoms with Gasteiger partial charge >= 0.3 is 0 Å². The zero-order chi connectivity index (χ0) is 5.54. The Morgan fingerprint density at radius 3 is 2.57 bits per heavy atom. The number of hydrogen-bond acceptors (Lipinski definition) is 0. The van der Waals surface area contributed by atoms with Crippen molar-refractivity contribution in [2.45, 2.75) is 32.2 Å². The van der Waals surface area contributed by atoms with Crippen LogP contribution < -0.4 is 0 Å². The van der Waals surface area contributed by atoms with Crippen LogP contribution in [-0.4, -0.2) is 8.14 Å². The summed E-state index contributed by atoms with van der Waals surface area (Å²) in [7, 11) is 0.206. The first-order valence-corrected chi connectivity index (χ1v) is 7.87. The van der Waals surface area contributed by atoms with E-state index in [1.807, 2.05) is 0 Å². The maximum absolute atomic E-state index is 3.52. The zero-order valence-electron chi connectivity index (χ0n) is 4.91. The quantitative estimate of drug-likeness (QED) is 0.354. The Labute approximate surface area is 56.1 Å². The minimum absolute atomic E-state index is 0.206. The third-order valence-electron chi connectivity index (χ3n) is 0.987. The van der Waals surface area contributed by atoms with E-state index in [-0.39, 0.29) is 8.14 Å². The molecule has 0 aliphatic carbocycles. The molecule has 0 aromatic rings. The van der Waals surface area contributed by atoms with Crippen molar-refractivity contribution in [2.24, 2.45) is 0 Å². The maximum Gasteiger partial charge on any atom is 0.0985 e. The van der Waals surface area contributed by atoms with Crippen molar-refractivity contribution in [2.75, 3.05) is 0 Å². The Morgan fingerprint density at radius 1 is 1.43 bits per heavy atom. The van der Waals surface area contributed by atoms with Crippen molar-refractivity contribution in [3.63, 3.8) is 0 Å². The van der Waals surface area contributed by atoms with Crippen LogP contribution in [0.15, 0.2) is 0 Å². The molecule has 0 aromatic carbocycles. The molecule has 0 N–H and O–H groups in total. The minimum Gasteiger partial charge on any atom is -0.135 e. The molecule has 0 unspecified atom stereocenters. The molecular weight excluding hydrogens is 168 g/mol. The Balaban J connectivity index is 2.45.